The third kappa shape index (κ3) is 5.64. The summed E-state index contributed by atoms with van der Waals surface area (Å²) in [6.45, 7) is 5.21. The molecule has 3 heterocycles. The van der Waals surface area contributed by atoms with E-state index in [2.05, 4.69) is 15.3 Å². The molecule has 0 bridgehead atoms. The number of hydrogen-bond donors (Lipinski definition) is 1. The van der Waals surface area contributed by atoms with E-state index < -0.39 is 6.10 Å². The minimum Gasteiger partial charge on any atom is -0.489 e. The normalized spacial score (nSPS) is 18.7. The molecule has 1 amide bonds. The second-order valence-electron chi connectivity index (χ2n) is 8.79. The van der Waals surface area contributed by atoms with E-state index in [1.165, 1.54) is 6.33 Å². The summed E-state index contributed by atoms with van der Waals surface area (Å²) in [4.78, 5) is 23.5. The molecule has 1 aromatic heterocycles. The van der Waals surface area contributed by atoms with Crippen LogP contribution in [0.5, 0.6) is 11.5 Å². The summed E-state index contributed by atoms with van der Waals surface area (Å²) in [5.74, 6) is 1.59. The zero-order chi connectivity index (χ0) is 24.9. The lowest BCUT2D eigenvalue weighted by Crippen LogP contribution is -2.46. The molecule has 0 radical (unpaired) electrons. The highest BCUT2D eigenvalue weighted by molar-refractivity contribution is 6.32. The average Bonchev–Trinajstić information content (AvgIpc) is 3.42. The molecule has 2 aromatic carbocycles. The number of halogens is 1. The Labute approximate surface area is 214 Å². The van der Waals surface area contributed by atoms with Gasteiger partial charge >= 0.3 is 0 Å². The van der Waals surface area contributed by atoms with E-state index in [-0.39, 0.29) is 12.0 Å². The number of hydrogen-bond acceptors (Lipinski definition) is 8. The molecule has 2 aliphatic heterocycles. The van der Waals surface area contributed by atoms with E-state index in [1.807, 2.05) is 30.3 Å². The Morgan fingerprint density at radius 1 is 1.19 bits per heavy atom. The Bertz CT molecular complexity index is 1210. The molecule has 190 valence electrons. The van der Waals surface area contributed by atoms with Crippen LogP contribution in [0.2, 0.25) is 5.02 Å². The Morgan fingerprint density at radius 2 is 2.06 bits per heavy atom. The summed E-state index contributed by atoms with van der Waals surface area (Å²) >= 11 is 6.49. The van der Waals surface area contributed by atoms with Gasteiger partial charge in [0.25, 0.3) is 5.91 Å². The van der Waals surface area contributed by atoms with Crippen LogP contribution in [0.25, 0.3) is 10.9 Å². The number of carbonyl (C=O) groups excluding carboxylic acids is 1. The Balaban J connectivity index is 1.33. The van der Waals surface area contributed by atoms with E-state index in [0.29, 0.717) is 66.2 Å². The highest BCUT2D eigenvalue weighted by atomic mass is 35.5. The molecule has 0 spiro atoms. The smallest absolute Gasteiger partial charge is 0.263 e. The van der Waals surface area contributed by atoms with E-state index in [0.717, 1.165) is 25.1 Å². The van der Waals surface area contributed by atoms with Gasteiger partial charge in [-0.05, 0) is 50.1 Å². The van der Waals surface area contributed by atoms with Crippen molar-refractivity contribution in [2.45, 2.75) is 32.0 Å². The van der Waals surface area contributed by atoms with Crippen molar-refractivity contribution in [3.63, 3.8) is 0 Å². The number of aromatic nitrogens is 2. The number of nitrogens with zero attached hydrogens (tertiary/aromatic N) is 3. The molecule has 2 unspecified atom stereocenters. The Hall–Kier alpha value is -3.14. The number of anilines is 2. The van der Waals surface area contributed by atoms with Gasteiger partial charge < -0.3 is 29.2 Å². The van der Waals surface area contributed by atoms with Crippen molar-refractivity contribution in [2.75, 3.05) is 44.8 Å². The largest absolute Gasteiger partial charge is 0.489 e. The van der Waals surface area contributed by atoms with Crippen LogP contribution in [0, 0.1) is 0 Å². The number of fused-ring (bicyclic) bond motifs is 1. The predicted molar refractivity (Wildman–Crippen MR) is 136 cm³/mol. The second-order valence-corrected chi connectivity index (χ2v) is 9.19. The minimum atomic E-state index is -0.670. The second kappa shape index (κ2) is 11.3. The Morgan fingerprint density at radius 3 is 2.83 bits per heavy atom. The standard InChI is InChI=1S/C26H29ClN4O5/c1-17(26(32)31-9-12-33-13-10-31)36-23-6-2-5-21-24(23)25(29-16-28-21)30-18-7-8-22(20(27)14-18)35-15-19-4-3-11-34-19/h2,5-8,14,16-17,19H,3-4,9-13,15H2,1H3,(H,28,29,30). The molecular formula is C26H29ClN4O5. The lowest BCUT2D eigenvalue weighted by Gasteiger charge is -2.29. The first kappa shape index (κ1) is 24.5. The predicted octanol–water partition coefficient (Wildman–Crippen LogP) is 4.21. The third-order valence-corrected chi connectivity index (χ3v) is 6.54. The van der Waals surface area contributed by atoms with Crippen LogP contribution >= 0.6 is 11.6 Å². The van der Waals surface area contributed by atoms with Gasteiger partial charge in [-0.25, -0.2) is 9.97 Å². The zero-order valence-electron chi connectivity index (χ0n) is 20.1. The molecule has 2 atom stereocenters. The van der Waals surface area contributed by atoms with Gasteiger partial charge in [-0.1, -0.05) is 17.7 Å². The molecule has 5 rings (SSSR count). The molecule has 10 heteroatoms. The number of benzene rings is 2. The first-order valence-corrected chi connectivity index (χ1v) is 12.5. The summed E-state index contributed by atoms with van der Waals surface area (Å²) in [5.41, 5.74) is 1.43. The van der Waals surface area contributed by atoms with Crippen molar-refractivity contribution in [1.82, 2.24) is 14.9 Å². The summed E-state index contributed by atoms with van der Waals surface area (Å²) in [5, 5.41) is 4.47. The number of morpholine rings is 1. The fraction of sp³-hybridized carbons (Fsp3) is 0.423. The molecule has 2 aliphatic rings. The maximum absolute atomic E-state index is 12.9. The van der Waals surface area contributed by atoms with Crippen molar-refractivity contribution in [1.29, 1.82) is 0 Å². The van der Waals surface area contributed by atoms with Crippen LogP contribution in [-0.4, -0.2) is 72.5 Å². The van der Waals surface area contributed by atoms with Gasteiger partial charge in [-0.15, -0.1) is 0 Å². The molecule has 3 aromatic rings. The quantitative estimate of drug-likeness (QED) is 0.479. The van der Waals surface area contributed by atoms with Crippen molar-refractivity contribution in [2.24, 2.45) is 0 Å². The monoisotopic (exact) mass is 512 g/mol. The number of carbonyl (C=O) groups is 1. The van der Waals surface area contributed by atoms with E-state index >= 15 is 0 Å². The molecule has 0 aliphatic carbocycles. The molecule has 1 N–H and O–H groups in total. The summed E-state index contributed by atoms with van der Waals surface area (Å²) in [6.07, 6.45) is 2.98. The summed E-state index contributed by atoms with van der Waals surface area (Å²) < 4.78 is 22.9. The maximum atomic E-state index is 12.9. The summed E-state index contributed by atoms with van der Waals surface area (Å²) in [6, 6.07) is 11.0. The van der Waals surface area contributed by atoms with Crippen LogP contribution < -0.4 is 14.8 Å². The highest BCUT2D eigenvalue weighted by Gasteiger charge is 2.25. The van der Waals surface area contributed by atoms with Crippen LogP contribution in [-0.2, 0) is 14.3 Å². The van der Waals surface area contributed by atoms with Crippen LogP contribution in [0.4, 0.5) is 11.5 Å². The summed E-state index contributed by atoms with van der Waals surface area (Å²) in [7, 11) is 0. The van der Waals surface area contributed by atoms with Gasteiger partial charge in [0.05, 0.1) is 35.2 Å². The van der Waals surface area contributed by atoms with Crippen molar-refractivity contribution in [3.8, 4) is 11.5 Å². The topological polar surface area (TPSA) is 95.0 Å². The average molecular weight is 513 g/mol. The van der Waals surface area contributed by atoms with E-state index in [9.17, 15) is 4.79 Å². The number of ether oxygens (including phenoxy) is 4. The lowest BCUT2D eigenvalue weighted by molar-refractivity contribution is -0.142. The lowest BCUT2D eigenvalue weighted by atomic mass is 10.2. The highest BCUT2D eigenvalue weighted by Crippen LogP contribution is 2.34. The molecule has 9 nitrogen and oxygen atoms in total. The third-order valence-electron chi connectivity index (χ3n) is 6.24. The molecular weight excluding hydrogens is 484 g/mol. The number of rotatable bonds is 8. The van der Waals surface area contributed by atoms with E-state index in [1.54, 1.807) is 17.9 Å². The van der Waals surface area contributed by atoms with Crippen LogP contribution in [0.15, 0.2) is 42.7 Å². The van der Waals surface area contributed by atoms with Gasteiger partial charge in [0, 0.05) is 25.4 Å². The fourth-order valence-electron chi connectivity index (χ4n) is 4.34. The van der Waals surface area contributed by atoms with Crippen molar-refractivity contribution < 1.29 is 23.7 Å². The molecule has 0 saturated carbocycles. The maximum Gasteiger partial charge on any atom is 0.263 e. The molecule has 36 heavy (non-hydrogen) atoms. The number of amides is 1. The van der Waals surface area contributed by atoms with Gasteiger partial charge in [0.15, 0.2) is 6.10 Å². The molecule has 2 fully saturated rings. The van der Waals surface area contributed by atoms with Crippen molar-refractivity contribution >= 4 is 39.9 Å². The Kier molecular flexibility index (Phi) is 7.69. The fourth-order valence-corrected chi connectivity index (χ4v) is 4.58. The van der Waals surface area contributed by atoms with Crippen LogP contribution in [0.1, 0.15) is 19.8 Å². The zero-order valence-corrected chi connectivity index (χ0v) is 20.9. The molecule has 2 saturated heterocycles. The van der Waals surface area contributed by atoms with Crippen molar-refractivity contribution in [3.05, 3.63) is 47.7 Å². The SMILES string of the molecule is CC(Oc1cccc2ncnc(Nc3ccc(OCC4CCCO4)c(Cl)c3)c12)C(=O)N1CCOCC1. The van der Waals surface area contributed by atoms with Gasteiger partial charge in [0.2, 0.25) is 0 Å². The number of nitrogens with one attached hydrogen (secondary N) is 1. The first-order chi connectivity index (χ1) is 17.6. The van der Waals surface area contributed by atoms with Crippen LogP contribution in [0.3, 0.4) is 0 Å². The van der Waals surface area contributed by atoms with E-state index in [4.69, 9.17) is 30.5 Å². The first-order valence-electron chi connectivity index (χ1n) is 12.2. The van der Waals surface area contributed by atoms with Gasteiger partial charge in [-0.2, -0.15) is 0 Å². The minimum absolute atomic E-state index is 0.0768. The van der Waals surface area contributed by atoms with Gasteiger partial charge in [-0.3, -0.25) is 4.79 Å². The van der Waals surface area contributed by atoms with Gasteiger partial charge in [0.1, 0.15) is 30.3 Å².